The summed E-state index contributed by atoms with van der Waals surface area (Å²) < 4.78 is 0. The summed E-state index contributed by atoms with van der Waals surface area (Å²) in [6.45, 7) is 2.01. The summed E-state index contributed by atoms with van der Waals surface area (Å²) in [6, 6.07) is 6.09. The Bertz CT molecular complexity index is 455. The van der Waals surface area contributed by atoms with Crippen LogP contribution in [0.4, 0.5) is 0 Å². The Hall–Kier alpha value is -1.30. The lowest BCUT2D eigenvalue weighted by atomic mass is 10.1. The number of thiazole rings is 1. The maximum absolute atomic E-state index is 5.57. The molecule has 90 valence electrons. The molecule has 3 N–H and O–H groups in total. The quantitative estimate of drug-likeness (QED) is 0.621. The van der Waals surface area contributed by atoms with Gasteiger partial charge in [-0.2, -0.15) is 0 Å². The first-order valence-corrected chi connectivity index (χ1v) is 6.43. The summed E-state index contributed by atoms with van der Waals surface area (Å²) in [4.78, 5) is 8.74. The first-order chi connectivity index (χ1) is 8.28. The molecule has 0 radical (unpaired) electrons. The van der Waals surface area contributed by atoms with Gasteiger partial charge in [0.2, 0.25) is 0 Å². The molecule has 0 aliphatic heterocycles. The van der Waals surface area contributed by atoms with E-state index in [1.165, 1.54) is 0 Å². The minimum atomic E-state index is 0.173. The number of hydrogen-bond donors (Lipinski definition) is 2. The number of hydrogen-bond acceptors (Lipinski definition) is 5. The summed E-state index contributed by atoms with van der Waals surface area (Å²) in [7, 11) is 0. The maximum Gasteiger partial charge on any atom is 0.0897 e. The van der Waals surface area contributed by atoms with E-state index in [1.54, 1.807) is 17.5 Å². The Morgan fingerprint density at radius 2 is 2.18 bits per heavy atom. The van der Waals surface area contributed by atoms with E-state index in [0.717, 1.165) is 29.2 Å². The van der Waals surface area contributed by atoms with Gasteiger partial charge in [-0.1, -0.05) is 6.07 Å². The second kappa shape index (κ2) is 5.86. The second-order valence-corrected chi connectivity index (χ2v) is 5.01. The smallest absolute Gasteiger partial charge is 0.0897 e. The largest absolute Gasteiger partial charge is 0.271 e. The van der Waals surface area contributed by atoms with Crippen LogP contribution in [0.15, 0.2) is 29.8 Å². The van der Waals surface area contributed by atoms with Crippen LogP contribution in [-0.2, 0) is 12.8 Å². The summed E-state index contributed by atoms with van der Waals surface area (Å²) in [5.41, 5.74) is 4.97. The van der Waals surface area contributed by atoms with Crippen molar-refractivity contribution in [2.24, 2.45) is 5.84 Å². The van der Waals surface area contributed by atoms with Crippen molar-refractivity contribution in [3.8, 4) is 0 Å². The summed E-state index contributed by atoms with van der Waals surface area (Å²) in [5, 5.41) is 3.17. The van der Waals surface area contributed by atoms with Gasteiger partial charge >= 0.3 is 0 Å². The van der Waals surface area contributed by atoms with Gasteiger partial charge in [0.05, 0.1) is 10.7 Å². The molecule has 2 heterocycles. The van der Waals surface area contributed by atoms with E-state index in [0.29, 0.717) is 0 Å². The van der Waals surface area contributed by atoms with Crippen LogP contribution in [0, 0.1) is 6.92 Å². The SMILES string of the molecule is Cc1nc(CC(Cc2ccccn2)NN)cs1. The van der Waals surface area contributed by atoms with E-state index in [4.69, 9.17) is 5.84 Å². The molecule has 0 spiro atoms. The third kappa shape index (κ3) is 3.59. The van der Waals surface area contributed by atoms with Crippen LogP contribution in [0.5, 0.6) is 0 Å². The maximum atomic E-state index is 5.57. The fourth-order valence-electron chi connectivity index (χ4n) is 1.72. The normalized spacial score (nSPS) is 12.6. The van der Waals surface area contributed by atoms with Crippen molar-refractivity contribution in [1.29, 1.82) is 0 Å². The summed E-state index contributed by atoms with van der Waals surface area (Å²) in [6.07, 6.45) is 3.45. The third-order valence-corrected chi connectivity index (χ3v) is 3.36. The molecule has 0 amide bonds. The topological polar surface area (TPSA) is 63.8 Å². The molecule has 0 fully saturated rings. The number of nitrogens with zero attached hydrogens (tertiary/aromatic N) is 2. The second-order valence-electron chi connectivity index (χ2n) is 3.95. The standard InChI is InChI=1S/C12H16N4S/c1-9-15-12(8-17-9)7-11(16-13)6-10-4-2-3-5-14-10/h2-5,8,11,16H,6-7,13H2,1H3. The number of nitrogens with one attached hydrogen (secondary N) is 1. The minimum absolute atomic E-state index is 0.173. The molecule has 0 aromatic carbocycles. The summed E-state index contributed by atoms with van der Waals surface area (Å²) >= 11 is 1.67. The van der Waals surface area contributed by atoms with E-state index >= 15 is 0 Å². The summed E-state index contributed by atoms with van der Waals surface area (Å²) in [5.74, 6) is 5.57. The van der Waals surface area contributed by atoms with Gasteiger partial charge < -0.3 is 0 Å². The molecule has 2 aromatic heterocycles. The lowest BCUT2D eigenvalue weighted by Gasteiger charge is -2.13. The molecule has 1 unspecified atom stereocenters. The lowest BCUT2D eigenvalue weighted by molar-refractivity contribution is 0.513. The highest BCUT2D eigenvalue weighted by molar-refractivity contribution is 7.09. The van der Waals surface area contributed by atoms with Gasteiger partial charge in [0.15, 0.2) is 0 Å². The predicted octanol–water partition coefficient (Wildman–Crippen LogP) is 1.46. The van der Waals surface area contributed by atoms with E-state index in [9.17, 15) is 0 Å². The van der Waals surface area contributed by atoms with E-state index in [2.05, 4.69) is 20.8 Å². The molecule has 4 nitrogen and oxygen atoms in total. The average Bonchev–Trinajstić information content (AvgIpc) is 2.75. The van der Waals surface area contributed by atoms with E-state index in [1.807, 2.05) is 25.1 Å². The highest BCUT2D eigenvalue weighted by Gasteiger charge is 2.11. The van der Waals surface area contributed by atoms with Crippen molar-refractivity contribution in [3.63, 3.8) is 0 Å². The Balaban J connectivity index is 1.98. The van der Waals surface area contributed by atoms with Crippen LogP contribution in [0.2, 0.25) is 0 Å². The number of aryl methyl sites for hydroxylation is 1. The van der Waals surface area contributed by atoms with Crippen LogP contribution < -0.4 is 11.3 Å². The molecule has 2 rings (SSSR count). The molecule has 17 heavy (non-hydrogen) atoms. The zero-order valence-corrected chi connectivity index (χ0v) is 10.6. The zero-order chi connectivity index (χ0) is 12.1. The number of pyridine rings is 1. The molecule has 0 aliphatic rings. The molecule has 0 bridgehead atoms. The Morgan fingerprint density at radius 1 is 1.35 bits per heavy atom. The number of nitrogens with two attached hydrogens (primary N) is 1. The Labute approximate surface area is 105 Å². The van der Waals surface area contributed by atoms with E-state index in [-0.39, 0.29) is 6.04 Å². The highest BCUT2D eigenvalue weighted by atomic mass is 32.1. The molecular formula is C12H16N4S. The van der Waals surface area contributed by atoms with Crippen LogP contribution in [0.25, 0.3) is 0 Å². The van der Waals surface area contributed by atoms with E-state index < -0.39 is 0 Å². The third-order valence-electron chi connectivity index (χ3n) is 2.54. The van der Waals surface area contributed by atoms with Crippen molar-refractivity contribution in [3.05, 3.63) is 46.2 Å². The number of aromatic nitrogens is 2. The minimum Gasteiger partial charge on any atom is -0.271 e. The van der Waals surface area contributed by atoms with Crippen LogP contribution in [-0.4, -0.2) is 16.0 Å². The highest BCUT2D eigenvalue weighted by Crippen LogP contribution is 2.11. The van der Waals surface area contributed by atoms with Crippen LogP contribution in [0.1, 0.15) is 16.4 Å². The fraction of sp³-hybridized carbons (Fsp3) is 0.333. The van der Waals surface area contributed by atoms with Gasteiger partial charge in [-0.25, -0.2) is 4.98 Å². The van der Waals surface area contributed by atoms with Gasteiger partial charge in [-0.3, -0.25) is 16.3 Å². The first kappa shape index (κ1) is 12.2. The van der Waals surface area contributed by atoms with Crippen molar-refractivity contribution < 1.29 is 0 Å². The van der Waals surface area contributed by atoms with Crippen LogP contribution in [0.3, 0.4) is 0 Å². The van der Waals surface area contributed by atoms with Crippen LogP contribution >= 0.6 is 11.3 Å². The monoisotopic (exact) mass is 248 g/mol. The predicted molar refractivity (Wildman–Crippen MR) is 69.6 cm³/mol. The number of hydrazine groups is 1. The Morgan fingerprint density at radius 3 is 2.76 bits per heavy atom. The van der Waals surface area contributed by atoms with Crippen molar-refractivity contribution in [2.75, 3.05) is 0 Å². The van der Waals surface area contributed by atoms with Gasteiger partial charge in [0.25, 0.3) is 0 Å². The molecule has 0 aliphatic carbocycles. The fourth-order valence-corrected chi connectivity index (χ4v) is 2.34. The van der Waals surface area contributed by atoms with Gasteiger partial charge in [-0.15, -0.1) is 11.3 Å². The first-order valence-electron chi connectivity index (χ1n) is 5.55. The average molecular weight is 248 g/mol. The van der Waals surface area contributed by atoms with Gasteiger partial charge in [0, 0.05) is 36.2 Å². The molecule has 2 aromatic rings. The van der Waals surface area contributed by atoms with Crippen molar-refractivity contribution >= 4 is 11.3 Å². The van der Waals surface area contributed by atoms with Gasteiger partial charge in [-0.05, 0) is 19.1 Å². The Kier molecular flexibility index (Phi) is 4.19. The lowest BCUT2D eigenvalue weighted by Crippen LogP contribution is -2.38. The zero-order valence-electron chi connectivity index (χ0n) is 9.76. The molecule has 0 saturated carbocycles. The van der Waals surface area contributed by atoms with Gasteiger partial charge in [0.1, 0.15) is 0 Å². The molecule has 0 saturated heterocycles. The molecule has 1 atom stereocenters. The van der Waals surface area contributed by atoms with Crippen molar-refractivity contribution in [2.45, 2.75) is 25.8 Å². The van der Waals surface area contributed by atoms with Crippen molar-refractivity contribution in [1.82, 2.24) is 15.4 Å². The molecular weight excluding hydrogens is 232 g/mol. The number of rotatable bonds is 5. The molecule has 5 heteroatoms.